The van der Waals surface area contributed by atoms with Crippen LogP contribution in [0, 0.1) is 11.8 Å². The second-order valence-electron chi connectivity index (χ2n) is 17.1. The first-order valence-corrected chi connectivity index (χ1v) is 23.6. The number of Topliss-reactive ketones (excluding diaryl/α,β-unsaturated/α-hetero) is 1. The molecule has 0 amide bonds. The van der Waals surface area contributed by atoms with Gasteiger partial charge in [0.25, 0.3) is 0 Å². The summed E-state index contributed by atoms with van der Waals surface area (Å²) in [6, 6.07) is 0. The molecule has 0 aromatic heterocycles. The minimum atomic E-state index is -4.47. The molecule has 0 aliphatic heterocycles. The van der Waals surface area contributed by atoms with Crippen molar-refractivity contribution >= 4 is 25.5 Å². The van der Waals surface area contributed by atoms with E-state index in [0.29, 0.717) is 36.7 Å². The van der Waals surface area contributed by atoms with Crippen molar-refractivity contribution in [2.45, 2.75) is 186 Å². The van der Waals surface area contributed by atoms with Gasteiger partial charge >= 0.3 is 19.8 Å². The third-order valence-corrected chi connectivity index (χ3v) is 11.5. The van der Waals surface area contributed by atoms with E-state index in [0.717, 1.165) is 38.5 Å². The molecule has 7 atom stereocenters. The number of ether oxygens (including phenoxy) is 2. The minimum absolute atomic E-state index is 0.0334. The molecule has 14 heteroatoms. The van der Waals surface area contributed by atoms with Gasteiger partial charge in [-0.25, -0.2) is 4.57 Å². The van der Waals surface area contributed by atoms with E-state index in [1.807, 2.05) is 21.1 Å². The van der Waals surface area contributed by atoms with E-state index >= 15 is 0 Å². The fourth-order valence-electron chi connectivity index (χ4n) is 6.95. The van der Waals surface area contributed by atoms with Crippen molar-refractivity contribution in [1.29, 1.82) is 0 Å². The lowest BCUT2D eigenvalue weighted by Gasteiger charge is -2.24. The Morgan fingerprint density at radius 2 is 1.28 bits per heavy atom. The fourth-order valence-corrected chi connectivity index (χ4v) is 7.69. The molecule has 1 unspecified atom stereocenters. The van der Waals surface area contributed by atoms with Crippen LogP contribution in [0.5, 0.6) is 0 Å². The van der Waals surface area contributed by atoms with Gasteiger partial charge < -0.3 is 34.2 Å². The second kappa shape index (κ2) is 31.2. The zero-order valence-electron chi connectivity index (χ0n) is 36.2. The molecule has 4 N–H and O–H groups in total. The molecular formula is C43H81NO12P+. The maximum Gasteiger partial charge on any atom is 0.472 e. The standard InChI is InChI=1S/C43H80NO12P/c1-6-8-10-11-12-13-14-15-16-17-18-20-25-42(49)53-33-37(34-55-57(51,52)54-30-29-44(3,4)5)56-43(50)26-22-21-24-36(46)31-39-38(40(47)32-41(39)48)28-27-35(45)23-19-9-7-2/h27-28,35,37-41,45,47-48H,6-26,29-34H2,1-5H3/p+1/b28-27+/t35-,37+,38+,39+,40+,41-/m0/s1. The van der Waals surface area contributed by atoms with Gasteiger partial charge in [-0.2, -0.15) is 0 Å². The van der Waals surface area contributed by atoms with Crippen molar-refractivity contribution in [2.75, 3.05) is 47.5 Å². The summed E-state index contributed by atoms with van der Waals surface area (Å²) in [7, 11) is 1.25. The molecule has 0 spiro atoms. The van der Waals surface area contributed by atoms with Crippen LogP contribution in [0.25, 0.3) is 0 Å². The van der Waals surface area contributed by atoms with E-state index in [1.54, 1.807) is 12.2 Å². The molecule has 1 fully saturated rings. The molecule has 57 heavy (non-hydrogen) atoms. The zero-order chi connectivity index (χ0) is 42.5. The first-order chi connectivity index (χ1) is 27.1. The average molecular weight is 835 g/mol. The van der Waals surface area contributed by atoms with Crippen molar-refractivity contribution < 1.29 is 62.2 Å². The number of esters is 2. The molecule has 13 nitrogen and oxygen atoms in total. The van der Waals surface area contributed by atoms with Gasteiger partial charge in [-0.05, 0) is 25.7 Å². The van der Waals surface area contributed by atoms with Crippen LogP contribution in [-0.2, 0) is 37.5 Å². The number of aliphatic hydroxyl groups is 3. The number of phosphoric ester groups is 1. The SMILES string of the molecule is CCCCCCCCCCCCCCC(=O)OC[C@H](COP(=O)(O)OCC[N+](C)(C)C)OC(=O)CCCCC(=O)C[C@@H]1[C@@H](/C=C/[C@@H](O)CCCCC)[C@H](O)C[C@@H]1O. The summed E-state index contributed by atoms with van der Waals surface area (Å²) < 4.78 is 34.1. The Balaban J connectivity index is 2.55. The lowest BCUT2D eigenvalue weighted by molar-refractivity contribution is -0.870. The first-order valence-electron chi connectivity index (χ1n) is 22.1. The van der Waals surface area contributed by atoms with Crippen LogP contribution in [0.3, 0.4) is 0 Å². The summed E-state index contributed by atoms with van der Waals surface area (Å²) in [5.41, 5.74) is 0. The van der Waals surface area contributed by atoms with Gasteiger partial charge in [-0.3, -0.25) is 23.4 Å². The number of likely N-dealkylation sites (N-methyl/N-ethyl adjacent to an activating group) is 1. The van der Waals surface area contributed by atoms with Crippen molar-refractivity contribution in [1.82, 2.24) is 0 Å². The van der Waals surface area contributed by atoms with Crippen LogP contribution in [-0.4, -0.2) is 114 Å². The quantitative estimate of drug-likeness (QED) is 0.0158. The summed E-state index contributed by atoms with van der Waals surface area (Å²) in [6.45, 7) is 3.87. The number of hydrogen-bond acceptors (Lipinski definition) is 11. The van der Waals surface area contributed by atoms with Gasteiger partial charge in [-0.15, -0.1) is 0 Å². The molecule has 334 valence electrons. The molecule has 0 aromatic rings. The number of rotatable bonds is 36. The molecule has 1 rings (SSSR count). The Kier molecular flexibility index (Phi) is 29.2. The van der Waals surface area contributed by atoms with Crippen LogP contribution in [0.15, 0.2) is 12.2 Å². The summed E-state index contributed by atoms with van der Waals surface area (Å²) in [5, 5.41) is 31.4. The van der Waals surface area contributed by atoms with Crippen molar-refractivity contribution in [2.24, 2.45) is 11.8 Å². The number of nitrogens with zero attached hydrogens (tertiary/aromatic N) is 1. The van der Waals surface area contributed by atoms with Crippen LogP contribution in [0.4, 0.5) is 0 Å². The summed E-state index contributed by atoms with van der Waals surface area (Å²) >= 11 is 0. The Hall–Kier alpha value is -1.70. The molecule has 1 aliphatic carbocycles. The molecule has 0 heterocycles. The Bertz CT molecular complexity index is 1160. The molecule has 0 saturated heterocycles. The molecule has 0 bridgehead atoms. The molecular weight excluding hydrogens is 753 g/mol. The predicted octanol–water partition coefficient (Wildman–Crippen LogP) is 7.75. The number of carbonyl (C=O) groups is 3. The summed E-state index contributed by atoms with van der Waals surface area (Å²) in [5.74, 6) is -2.08. The number of quaternary nitrogens is 1. The lowest BCUT2D eigenvalue weighted by atomic mass is 9.87. The van der Waals surface area contributed by atoms with Crippen LogP contribution < -0.4 is 0 Å². The van der Waals surface area contributed by atoms with Gasteiger partial charge in [0.1, 0.15) is 25.5 Å². The molecule has 0 radical (unpaired) electrons. The fraction of sp³-hybridized carbons (Fsp3) is 0.884. The maximum atomic E-state index is 12.9. The van der Waals surface area contributed by atoms with E-state index in [4.69, 9.17) is 18.5 Å². The normalized spacial score (nSPS) is 20.7. The summed E-state index contributed by atoms with van der Waals surface area (Å²) in [4.78, 5) is 48.4. The van der Waals surface area contributed by atoms with Crippen LogP contribution >= 0.6 is 7.82 Å². The highest BCUT2D eigenvalue weighted by Crippen LogP contribution is 2.43. The van der Waals surface area contributed by atoms with E-state index in [-0.39, 0.29) is 51.1 Å². The molecule has 0 aromatic carbocycles. The van der Waals surface area contributed by atoms with E-state index in [2.05, 4.69) is 13.8 Å². The van der Waals surface area contributed by atoms with Crippen molar-refractivity contribution in [3.05, 3.63) is 12.2 Å². The third-order valence-electron chi connectivity index (χ3n) is 10.5. The number of unbranched alkanes of at least 4 members (excludes halogenated alkanes) is 14. The predicted molar refractivity (Wildman–Crippen MR) is 222 cm³/mol. The zero-order valence-corrected chi connectivity index (χ0v) is 37.1. The van der Waals surface area contributed by atoms with E-state index in [9.17, 15) is 39.2 Å². The Morgan fingerprint density at radius 3 is 1.89 bits per heavy atom. The third kappa shape index (κ3) is 28.4. The van der Waals surface area contributed by atoms with Crippen molar-refractivity contribution in [3.8, 4) is 0 Å². The largest absolute Gasteiger partial charge is 0.472 e. The monoisotopic (exact) mass is 835 g/mol. The van der Waals surface area contributed by atoms with Gasteiger partial charge in [0.2, 0.25) is 0 Å². The molecule has 1 saturated carbocycles. The van der Waals surface area contributed by atoms with Crippen molar-refractivity contribution in [3.63, 3.8) is 0 Å². The first kappa shape index (κ1) is 53.3. The smallest absolute Gasteiger partial charge is 0.462 e. The van der Waals surface area contributed by atoms with E-state index < -0.39 is 62.6 Å². The summed E-state index contributed by atoms with van der Waals surface area (Å²) in [6.07, 6.45) is 18.9. The molecule has 1 aliphatic rings. The number of hydrogen-bond donors (Lipinski definition) is 4. The minimum Gasteiger partial charge on any atom is -0.462 e. The lowest BCUT2D eigenvalue weighted by Crippen LogP contribution is -2.37. The van der Waals surface area contributed by atoms with Crippen LogP contribution in [0.2, 0.25) is 0 Å². The van der Waals surface area contributed by atoms with E-state index in [1.165, 1.54) is 51.4 Å². The highest BCUT2D eigenvalue weighted by atomic mass is 31.2. The van der Waals surface area contributed by atoms with Gasteiger partial charge in [0.05, 0.1) is 46.1 Å². The number of carbonyl (C=O) groups excluding carboxylic acids is 3. The van der Waals surface area contributed by atoms with Gasteiger partial charge in [0.15, 0.2) is 6.10 Å². The second-order valence-corrected chi connectivity index (χ2v) is 18.5. The number of aliphatic hydroxyl groups excluding tert-OH is 3. The average Bonchev–Trinajstić information content (AvgIpc) is 3.40. The van der Waals surface area contributed by atoms with Crippen LogP contribution in [0.1, 0.15) is 162 Å². The Labute approximate surface area is 344 Å². The Morgan fingerprint density at radius 1 is 0.737 bits per heavy atom. The van der Waals surface area contributed by atoms with Gasteiger partial charge in [-0.1, -0.05) is 116 Å². The number of phosphoric acid groups is 1. The topological polar surface area (TPSA) is 186 Å². The highest BCUT2D eigenvalue weighted by Gasteiger charge is 2.41. The van der Waals surface area contributed by atoms with Gasteiger partial charge in [0, 0.05) is 43.9 Å². The maximum absolute atomic E-state index is 12.9. The highest BCUT2D eigenvalue weighted by molar-refractivity contribution is 7.47. The number of ketones is 1.